The molecule has 0 fully saturated rings. The lowest BCUT2D eigenvalue weighted by molar-refractivity contribution is 0.668. The van der Waals surface area contributed by atoms with Gasteiger partial charge in [0.25, 0.3) is 0 Å². The Morgan fingerprint density at radius 1 is 0.338 bits per heavy atom. The molecule has 0 unspecified atom stereocenters. The van der Waals surface area contributed by atoms with Crippen molar-refractivity contribution in [2.45, 2.75) is 0 Å². The van der Waals surface area contributed by atoms with Gasteiger partial charge in [0, 0.05) is 85.7 Å². The number of aromatic nitrogens is 3. The van der Waals surface area contributed by atoms with Gasteiger partial charge in [0.1, 0.15) is 22.3 Å². The largest absolute Gasteiger partial charge is 0.456 e. The van der Waals surface area contributed by atoms with E-state index in [4.69, 9.17) is 23.8 Å². The van der Waals surface area contributed by atoms with E-state index in [0.29, 0.717) is 5.82 Å². The number of pyridine rings is 1. The standard InChI is InChI=1S/C59H33N3O2S/c1-2-14-36(15-3-1)57-44-32-43(58-56(41-19-7-11-27-52(41)65-58)55(44)37-16-4-8-22-45(37)60-57)34-28-30-35(31-29-34)46-33-47(38-20-12-25-50-53(38)39-17-5-9-23-48(39)63-50)62-59(61-46)42-21-13-26-51-54(42)40-18-6-10-24-49(40)64-51/h1-33H. The van der Waals surface area contributed by atoms with E-state index in [9.17, 15) is 0 Å². The highest BCUT2D eigenvalue weighted by Gasteiger charge is 2.22. The molecule has 6 heteroatoms. The summed E-state index contributed by atoms with van der Waals surface area (Å²) in [4.78, 5) is 16.1. The van der Waals surface area contributed by atoms with E-state index >= 15 is 0 Å². The molecule has 5 nitrogen and oxygen atoms in total. The summed E-state index contributed by atoms with van der Waals surface area (Å²) < 4.78 is 15.2. The molecule has 9 aromatic carbocycles. The van der Waals surface area contributed by atoms with Crippen molar-refractivity contribution in [2.75, 3.05) is 0 Å². The smallest absolute Gasteiger partial charge is 0.161 e. The van der Waals surface area contributed by atoms with Crippen LogP contribution in [0.4, 0.5) is 0 Å². The number of fused-ring (bicyclic) bond motifs is 13. The van der Waals surface area contributed by atoms with Crippen LogP contribution in [0.1, 0.15) is 0 Å². The summed E-state index contributed by atoms with van der Waals surface area (Å²) in [6, 6.07) is 70.0. The average molecular weight is 848 g/mol. The van der Waals surface area contributed by atoms with Crippen LogP contribution in [0.25, 0.3) is 142 Å². The Kier molecular flexibility index (Phi) is 7.79. The number of hydrogen-bond donors (Lipinski definition) is 0. The van der Waals surface area contributed by atoms with Gasteiger partial charge in [-0.15, -0.1) is 11.3 Å². The van der Waals surface area contributed by atoms with Gasteiger partial charge >= 0.3 is 0 Å². The van der Waals surface area contributed by atoms with Crippen molar-refractivity contribution in [1.82, 2.24) is 15.0 Å². The topological polar surface area (TPSA) is 65.0 Å². The molecule has 0 bridgehead atoms. The SMILES string of the molecule is c1ccc(-c2nc3ccccc3c3c2cc(-c2ccc(-c4cc(-c5cccc6oc7ccccc7c56)nc(-c5cccc6oc7ccccc7c56)n4)cc2)c2sc4ccccc4c23)cc1. The fraction of sp³-hybridized carbons (Fsp3) is 0. The Bertz CT molecular complexity index is 4110. The first-order valence-corrected chi connectivity index (χ1v) is 22.6. The van der Waals surface area contributed by atoms with Crippen molar-refractivity contribution in [1.29, 1.82) is 0 Å². The molecule has 14 rings (SSSR count). The first-order valence-electron chi connectivity index (χ1n) is 21.8. The maximum Gasteiger partial charge on any atom is 0.161 e. The number of hydrogen-bond acceptors (Lipinski definition) is 6. The molecule has 65 heavy (non-hydrogen) atoms. The molecule has 0 spiro atoms. The van der Waals surface area contributed by atoms with Crippen LogP contribution in [0.3, 0.4) is 0 Å². The minimum atomic E-state index is 0.623. The molecule has 0 saturated carbocycles. The van der Waals surface area contributed by atoms with Crippen LogP contribution in [0.15, 0.2) is 209 Å². The monoisotopic (exact) mass is 847 g/mol. The lowest BCUT2D eigenvalue weighted by Gasteiger charge is -2.15. The number of para-hydroxylation sites is 3. The second-order valence-corrected chi connectivity index (χ2v) is 17.6. The summed E-state index contributed by atoms with van der Waals surface area (Å²) in [6.45, 7) is 0. The Labute approximate surface area is 375 Å². The second kappa shape index (κ2) is 14.0. The van der Waals surface area contributed by atoms with Gasteiger partial charge in [-0.2, -0.15) is 0 Å². The zero-order chi connectivity index (χ0) is 42.6. The molecule has 14 aromatic rings. The van der Waals surface area contributed by atoms with Crippen LogP contribution in [0.5, 0.6) is 0 Å². The number of thiophene rings is 1. The Morgan fingerprint density at radius 2 is 0.923 bits per heavy atom. The third-order valence-corrected chi connectivity index (χ3v) is 14.1. The Hall–Kier alpha value is -8.45. The number of rotatable bonds is 5. The fourth-order valence-electron chi connectivity index (χ4n) is 9.98. The van der Waals surface area contributed by atoms with Crippen LogP contribution >= 0.6 is 11.3 Å². The second-order valence-electron chi connectivity index (χ2n) is 16.6. The Balaban J connectivity index is 0.999. The maximum atomic E-state index is 6.37. The minimum Gasteiger partial charge on any atom is -0.456 e. The molecule has 0 aliphatic carbocycles. The van der Waals surface area contributed by atoms with Crippen molar-refractivity contribution >= 4 is 97.1 Å². The molecule has 0 atom stereocenters. The van der Waals surface area contributed by atoms with Gasteiger partial charge in [-0.25, -0.2) is 15.0 Å². The van der Waals surface area contributed by atoms with Gasteiger partial charge < -0.3 is 8.83 Å². The predicted molar refractivity (Wildman–Crippen MR) is 269 cm³/mol. The predicted octanol–water partition coefficient (Wildman–Crippen LogP) is 16.7. The normalized spacial score (nSPS) is 12.0. The van der Waals surface area contributed by atoms with Crippen molar-refractivity contribution in [3.8, 4) is 56.3 Å². The molecule has 0 radical (unpaired) electrons. The van der Waals surface area contributed by atoms with Crippen LogP contribution in [-0.4, -0.2) is 15.0 Å². The summed E-state index contributed by atoms with van der Waals surface area (Å²) in [7, 11) is 0. The van der Waals surface area contributed by atoms with Gasteiger partial charge in [-0.3, -0.25) is 0 Å². The summed E-state index contributed by atoms with van der Waals surface area (Å²) in [5, 5.41) is 10.2. The number of nitrogens with zero attached hydrogens (tertiary/aromatic N) is 3. The van der Waals surface area contributed by atoms with Crippen LogP contribution in [-0.2, 0) is 0 Å². The molecule has 0 N–H and O–H groups in total. The molecule has 302 valence electrons. The first-order chi connectivity index (χ1) is 32.2. The van der Waals surface area contributed by atoms with E-state index in [2.05, 4.69) is 146 Å². The van der Waals surface area contributed by atoms with E-state index in [1.807, 2.05) is 65.9 Å². The number of benzene rings is 9. The first kappa shape index (κ1) is 36.1. The minimum absolute atomic E-state index is 0.623. The van der Waals surface area contributed by atoms with Crippen molar-refractivity contribution in [2.24, 2.45) is 0 Å². The molecule has 0 aliphatic rings. The van der Waals surface area contributed by atoms with E-state index in [-0.39, 0.29) is 0 Å². The third kappa shape index (κ3) is 5.54. The molecule has 5 heterocycles. The van der Waals surface area contributed by atoms with E-state index in [1.165, 1.54) is 31.1 Å². The van der Waals surface area contributed by atoms with Crippen molar-refractivity contribution in [3.05, 3.63) is 200 Å². The van der Waals surface area contributed by atoms with Gasteiger partial charge in [-0.1, -0.05) is 152 Å². The lowest BCUT2D eigenvalue weighted by atomic mass is 9.92. The van der Waals surface area contributed by atoms with Crippen molar-refractivity contribution in [3.63, 3.8) is 0 Å². The summed E-state index contributed by atoms with van der Waals surface area (Å²) >= 11 is 1.86. The van der Waals surface area contributed by atoms with E-state index in [1.54, 1.807) is 0 Å². The maximum absolute atomic E-state index is 6.37. The van der Waals surface area contributed by atoms with Crippen LogP contribution in [0.2, 0.25) is 0 Å². The summed E-state index contributed by atoms with van der Waals surface area (Å²) in [6.07, 6.45) is 0. The summed E-state index contributed by atoms with van der Waals surface area (Å²) in [5.74, 6) is 0.623. The highest BCUT2D eigenvalue weighted by molar-refractivity contribution is 7.26. The molecule has 0 aliphatic heterocycles. The van der Waals surface area contributed by atoms with Gasteiger partial charge in [0.05, 0.1) is 22.6 Å². The summed E-state index contributed by atoms with van der Waals surface area (Å²) in [5.41, 5.74) is 13.2. The average Bonchev–Trinajstić information content (AvgIpc) is 4.08. The molecular weight excluding hydrogens is 815 g/mol. The van der Waals surface area contributed by atoms with E-state index in [0.717, 1.165) is 105 Å². The zero-order valence-electron chi connectivity index (χ0n) is 34.6. The highest BCUT2D eigenvalue weighted by Crippen LogP contribution is 2.48. The zero-order valence-corrected chi connectivity index (χ0v) is 35.4. The van der Waals surface area contributed by atoms with Crippen LogP contribution in [0, 0.1) is 0 Å². The third-order valence-electron chi connectivity index (χ3n) is 12.9. The molecule has 5 aromatic heterocycles. The fourth-order valence-corrected chi connectivity index (χ4v) is 11.2. The van der Waals surface area contributed by atoms with Crippen molar-refractivity contribution < 1.29 is 8.83 Å². The highest BCUT2D eigenvalue weighted by atomic mass is 32.1. The van der Waals surface area contributed by atoms with Crippen LogP contribution < -0.4 is 0 Å². The quantitative estimate of drug-likeness (QED) is 0.161. The van der Waals surface area contributed by atoms with E-state index < -0.39 is 0 Å². The molecule has 0 saturated heterocycles. The van der Waals surface area contributed by atoms with Gasteiger partial charge in [0.15, 0.2) is 5.82 Å². The molecular formula is C59H33N3O2S. The lowest BCUT2D eigenvalue weighted by Crippen LogP contribution is -1.97. The Morgan fingerprint density at radius 3 is 1.68 bits per heavy atom. The van der Waals surface area contributed by atoms with Gasteiger partial charge in [0.2, 0.25) is 0 Å². The molecule has 0 amide bonds. The van der Waals surface area contributed by atoms with Gasteiger partial charge in [-0.05, 0) is 54.1 Å². The number of furan rings is 2.